The molecule has 2 aliphatic heterocycles. The molecule has 5 heteroatoms. The van der Waals surface area contributed by atoms with Gasteiger partial charge in [-0.1, -0.05) is 23.7 Å². The van der Waals surface area contributed by atoms with E-state index in [1.54, 1.807) is 0 Å². The standard InChI is InChI=1S/C15H15ClN2O2/c16-11-3-1-2-9-12-6-17-8-18(12)15(14(9)11)10-7-20-5-4-13(10)19/h1-3,6,8,10,13,15,19H,4-5,7H2/t10-,13-,15-/m1/s1. The molecule has 0 radical (unpaired) electrons. The number of rotatable bonds is 1. The summed E-state index contributed by atoms with van der Waals surface area (Å²) in [6, 6.07) is 5.93. The minimum absolute atomic E-state index is 0.00602. The van der Waals surface area contributed by atoms with E-state index in [0.29, 0.717) is 19.6 Å². The number of benzene rings is 1. The molecule has 1 aromatic carbocycles. The maximum absolute atomic E-state index is 10.4. The number of fused-ring (bicyclic) bond motifs is 3. The van der Waals surface area contributed by atoms with Crippen LogP contribution in [0.1, 0.15) is 18.0 Å². The molecule has 3 atom stereocenters. The molecular formula is C15H15ClN2O2. The molecule has 0 aliphatic carbocycles. The topological polar surface area (TPSA) is 47.3 Å². The van der Waals surface area contributed by atoms with Crippen LogP contribution in [0.25, 0.3) is 11.3 Å². The minimum atomic E-state index is -0.369. The highest BCUT2D eigenvalue weighted by molar-refractivity contribution is 6.32. The van der Waals surface area contributed by atoms with E-state index in [-0.39, 0.29) is 18.1 Å². The van der Waals surface area contributed by atoms with Crippen molar-refractivity contribution in [1.82, 2.24) is 9.55 Å². The van der Waals surface area contributed by atoms with Gasteiger partial charge in [-0.15, -0.1) is 0 Å². The molecule has 2 aliphatic rings. The number of hydrogen-bond acceptors (Lipinski definition) is 3. The smallest absolute Gasteiger partial charge is 0.0956 e. The van der Waals surface area contributed by atoms with E-state index in [4.69, 9.17) is 16.3 Å². The largest absolute Gasteiger partial charge is 0.393 e. The third-order valence-corrected chi connectivity index (χ3v) is 4.69. The lowest BCUT2D eigenvalue weighted by atomic mass is 9.86. The second-order valence-electron chi connectivity index (χ2n) is 5.43. The van der Waals surface area contributed by atoms with Crippen LogP contribution >= 0.6 is 11.6 Å². The average molecular weight is 291 g/mol. The Morgan fingerprint density at radius 1 is 1.40 bits per heavy atom. The summed E-state index contributed by atoms with van der Waals surface area (Å²) in [7, 11) is 0. The molecule has 0 spiro atoms. The third kappa shape index (κ3) is 1.65. The summed E-state index contributed by atoms with van der Waals surface area (Å²) in [4.78, 5) is 4.24. The highest BCUT2D eigenvalue weighted by atomic mass is 35.5. The van der Waals surface area contributed by atoms with Gasteiger partial charge in [0.1, 0.15) is 0 Å². The van der Waals surface area contributed by atoms with Gasteiger partial charge in [0.05, 0.1) is 37.0 Å². The zero-order valence-electron chi connectivity index (χ0n) is 10.9. The van der Waals surface area contributed by atoms with Crippen molar-refractivity contribution in [3.63, 3.8) is 0 Å². The number of hydrogen-bond donors (Lipinski definition) is 1. The molecule has 4 nitrogen and oxygen atoms in total. The fraction of sp³-hybridized carbons (Fsp3) is 0.400. The highest BCUT2D eigenvalue weighted by Crippen LogP contribution is 2.47. The van der Waals surface area contributed by atoms with Crippen molar-refractivity contribution in [2.45, 2.75) is 18.6 Å². The van der Waals surface area contributed by atoms with E-state index in [1.165, 1.54) is 0 Å². The molecule has 104 valence electrons. The lowest BCUT2D eigenvalue weighted by Gasteiger charge is -2.33. The van der Waals surface area contributed by atoms with Crippen LogP contribution in [0.4, 0.5) is 0 Å². The third-order valence-electron chi connectivity index (χ3n) is 4.36. The van der Waals surface area contributed by atoms with Crippen LogP contribution in [-0.4, -0.2) is 34.0 Å². The Labute approximate surface area is 122 Å². The van der Waals surface area contributed by atoms with Crippen molar-refractivity contribution in [2.24, 2.45) is 5.92 Å². The van der Waals surface area contributed by atoms with Gasteiger partial charge in [0, 0.05) is 28.7 Å². The van der Waals surface area contributed by atoms with Gasteiger partial charge in [-0.25, -0.2) is 4.98 Å². The first kappa shape index (κ1) is 12.4. The Balaban J connectivity index is 1.88. The molecule has 0 unspecified atom stereocenters. The van der Waals surface area contributed by atoms with E-state index in [2.05, 4.69) is 15.6 Å². The lowest BCUT2D eigenvalue weighted by Crippen LogP contribution is -2.37. The number of aromatic nitrogens is 2. The predicted octanol–water partition coefficient (Wildman–Crippen LogP) is 2.50. The second kappa shape index (κ2) is 4.58. The Kier molecular flexibility index (Phi) is 2.84. The summed E-state index contributed by atoms with van der Waals surface area (Å²) in [5, 5.41) is 11.1. The number of halogens is 1. The summed E-state index contributed by atoms with van der Waals surface area (Å²) in [6.45, 7) is 1.17. The van der Waals surface area contributed by atoms with Gasteiger partial charge in [-0.2, -0.15) is 0 Å². The molecule has 1 aromatic heterocycles. The number of imidazole rings is 1. The Hall–Kier alpha value is -1.36. The number of aliphatic hydroxyl groups is 1. The highest BCUT2D eigenvalue weighted by Gasteiger charge is 2.40. The van der Waals surface area contributed by atoms with Gasteiger partial charge >= 0.3 is 0 Å². The molecule has 2 aromatic rings. The first-order chi connectivity index (χ1) is 9.77. The first-order valence-corrected chi connectivity index (χ1v) is 7.21. The van der Waals surface area contributed by atoms with E-state index >= 15 is 0 Å². The second-order valence-corrected chi connectivity index (χ2v) is 5.83. The maximum atomic E-state index is 10.4. The van der Waals surface area contributed by atoms with Crippen LogP contribution in [0.3, 0.4) is 0 Å². The van der Waals surface area contributed by atoms with Crippen LogP contribution in [0.2, 0.25) is 5.02 Å². The molecular weight excluding hydrogens is 276 g/mol. The van der Waals surface area contributed by atoms with Crippen molar-refractivity contribution >= 4 is 11.6 Å². The fourth-order valence-electron chi connectivity index (χ4n) is 3.41. The monoisotopic (exact) mass is 290 g/mol. The molecule has 3 heterocycles. The summed E-state index contributed by atoms with van der Waals surface area (Å²) >= 11 is 6.42. The molecule has 0 bridgehead atoms. The molecule has 1 saturated heterocycles. The van der Waals surface area contributed by atoms with Crippen molar-refractivity contribution in [3.8, 4) is 11.3 Å². The summed E-state index contributed by atoms with van der Waals surface area (Å²) < 4.78 is 7.68. The van der Waals surface area contributed by atoms with E-state index in [0.717, 1.165) is 21.8 Å². The minimum Gasteiger partial charge on any atom is -0.393 e. The number of aliphatic hydroxyl groups excluding tert-OH is 1. The zero-order chi connectivity index (χ0) is 13.7. The van der Waals surface area contributed by atoms with Crippen molar-refractivity contribution < 1.29 is 9.84 Å². The summed E-state index contributed by atoms with van der Waals surface area (Å²) in [5.41, 5.74) is 3.25. The summed E-state index contributed by atoms with van der Waals surface area (Å²) in [5.74, 6) is 0.0119. The Morgan fingerprint density at radius 3 is 3.15 bits per heavy atom. The van der Waals surface area contributed by atoms with Gasteiger partial charge in [0.25, 0.3) is 0 Å². The number of nitrogens with zero attached hydrogens (tertiary/aromatic N) is 2. The molecule has 1 N–H and O–H groups in total. The van der Waals surface area contributed by atoms with Crippen LogP contribution in [0, 0.1) is 5.92 Å². The predicted molar refractivity (Wildman–Crippen MR) is 75.7 cm³/mol. The van der Waals surface area contributed by atoms with Crippen molar-refractivity contribution in [1.29, 1.82) is 0 Å². The van der Waals surface area contributed by atoms with Gasteiger partial charge in [0.15, 0.2) is 0 Å². The number of ether oxygens (including phenoxy) is 1. The molecule has 4 rings (SSSR count). The Bertz CT molecular complexity index is 655. The maximum Gasteiger partial charge on any atom is 0.0956 e. The van der Waals surface area contributed by atoms with Crippen LogP contribution in [0.5, 0.6) is 0 Å². The molecule has 1 fully saturated rings. The van der Waals surface area contributed by atoms with Crippen LogP contribution in [0.15, 0.2) is 30.7 Å². The van der Waals surface area contributed by atoms with Gasteiger partial charge in [0.2, 0.25) is 0 Å². The lowest BCUT2D eigenvalue weighted by molar-refractivity contribution is -0.0481. The first-order valence-electron chi connectivity index (χ1n) is 6.84. The van der Waals surface area contributed by atoms with Gasteiger partial charge in [-0.05, 0) is 12.5 Å². The zero-order valence-corrected chi connectivity index (χ0v) is 11.6. The van der Waals surface area contributed by atoms with E-state index < -0.39 is 0 Å². The molecule has 20 heavy (non-hydrogen) atoms. The van der Waals surface area contributed by atoms with Crippen molar-refractivity contribution in [3.05, 3.63) is 41.3 Å². The van der Waals surface area contributed by atoms with Crippen molar-refractivity contribution in [2.75, 3.05) is 13.2 Å². The van der Waals surface area contributed by atoms with Crippen LogP contribution in [-0.2, 0) is 4.74 Å². The fourth-order valence-corrected chi connectivity index (χ4v) is 3.69. The molecule has 0 saturated carbocycles. The Morgan fingerprint density at radius 2 is 2.30 bits per heavy atom. The van der Waals surface area contributed by atoms with E-state index in [1.807, 2.05) is 24.7 Å². The normalized spacial score (nSPS) is 28.2. The SMILES string of the molecule is O[C@@H]1CCOC[C@H]1[C@@H]1c2c(Cl)cccc2-c2cncn21. The van der Waals surface area contributed by atoms with Crippen LogP contribution < -0.4 is 0 Å². The molecule has 0 amide bonds. The van der Waals surface area contributed by atoms with E-state index in [9.17, 15) is 5.11 Å². The summed E-state index contributed by atoms with van der Waals surface area (Å²) in [6.07, 6.45) is 3.97. The van der Waals surface area contributed by atoms with Gasteiger partial charge in [-0.3, -0.25) is 0 Å². The van der Waals surface area contributed by atoms with Gasteiger partial charge < -0.3 is 14.4 Å². The quantitative estimate of drug-likeness (QED) is 0.878. The average Bonchev–Trinajstić information content (AvgIpc) is 3.01.